The van der Waals surface area contributed by atoms with E-state index in [1.807, 2.05) is 0 Å². The Bertz CT molecular complexity index is 491. The Balaban J connectivity index is 1.75. The molecule has 0 radical (unpaired) electrons. The molecule has 1 spiro atoms. The van der Waals surface area contributed by atoms with Crippen molar-refractivity contribution < 1.29 is 9.53 Å². The summed E-state index contributed by atoms with van der Waals surface area (Å²) in [6.45, 7) is 10.8. The first-order valence-corrected chi connectivity index (χ1v) is 7.62. The highest BCUT2D eigenvalue weighted by Gasteiger charge is 2.71. The topological polar surface area (TPSA) is 26.3 Å². The van der Waals surface area contributed by atoms with E-state index in [9.17, 15) is 4.79 Å². The lowest BCUT2D eigenvalue weighted by atomic mass is 9.77. The number of allylic oxidation sites excluding steroid dienone is 1. The Kier molecular flexibility index (Phi) is 2.18. The summed E-state index contributed by atoms with van der Waals surface area (Å²) in [7, 11) is 0. The standard InChI is InChI=1S/C17H22O2/c1-9-5-7-13-15(14-10(2)4-6-12(9)14)19-16(18)17(13)8-11(17)3/h11-15H,1-2,4-8H2,3H3/t11-,12+,13-,14+,15+,17?/m1/s1. The van der Waals surface area contributed by atoms with Crippen LogP contribution in [0.15, 0.2) is 24.3 Å². The Morgan fingerprint density at radius 3 is 2.58 bits per heavy atom. The normalized spacial score (nSPS) is 51.8. The second kappa shape index (κ2) is 3.53. The van der Waals surface area contributed by atoms with Crippen LogP contribution in [0.2, 0.25) is 0 Å². The molecule has 3 aliphatic carbocycles. The highest BCUT2D eigenvalue weighted by atomic mass is 16.6. The summed E-state index contributed by atoms with van der Waals surface area (Å²) in [5.74, 6) is 1.88. The third-order valence-electron chi connectivity index (χ3n) is 6.38. The molecule has 4 aliphatic rings. The maximum Gasteiger partial charge on any atom is 0.313 e. The lowest BCUT2D eigenvalue weighted by Crippen LogP contribution is -2.30. The lowest BCUT2D eigenvalue weighted by Gasteiger charge is -2.27. The average Bonchev–Trinajstić information content (AvgIpc) is 2.82. The number of fused-ring (bicyclic) bond motifs is 4. The maximum atomic E-state index is 12.3. The number of esters is 1. The summed E-state index contributed by atoms with van der Waals surface area (Å²) < 4.78 is 5.89. The molecule has 0 aromatic rings. The number of carbonyl (C=O) groups is 1. The molecule has 19 heavy (non-hydrogen) atoms. The van der Waals surface area contributed by atoms with E-state index < -0.39 is 0 Å². The third kappa shape index (κ3) is 1.30. The molecule has 1 aliphatic heterocycles. The van der Waals surface area contributed by atoms with Crippen molar-refractivity contribution in [2.24, 2.45) is 29.1 Å². The van der Waals surface area contributed by atoms with Crippen LogP contribution in [-0.2, 0) is 9.53 Å². The van der Waals surface area contributed by atoms with Crippen LogP contribution in [0.5, 0.6) is 0 Å². The number of rotatable bonds is 0. The minimum absolute atomic E-state index is 0.0842. The number of hydrogen-bond acceptors (Lipinski definition) is 2. The first kappa shape index (κ1) is 11.7. The smallest absolute Gasteiger partial charge is 0.313 e. The SMILES string of the molecule is C=C1CC[C@H]2C(=C)CC[C@@H]3[C@H](OC(=O)C34C[C@H]4C)[C@@H]12. The van der Waals surface area contributed by atoms with Gasteiger partial charge in [0.25, 0.3) is 0 Å². The molecule has 102 valence electrons. The van der Waals surface area contributed by atoms with Gasteiger partial charge in [-0.25, -0.2) is 0 Å². The lowest BCUT2D eigenvalue weighted by molar-refractivity contribution is -0.147. The van der Waals surface area contributed by atoms with Crippen LogP contribution in [0.1, 0.15) is 39.0 Å². The van der Waals surface area contributed by atoms with Crippen molar-refractivity contribution in [3.63, 3.8) is 0 Å². The highest BCUT2D eigenvalue weighted by Crippen LogP contribution is 2.67. The molecule has 1 saturated heterocycles. The minimum Gasteiger partial charge on any atom is -0.461 e. The van der Waals surface area contributed by atoms with Gasteiger partial charge < -0.3 is 4.74 Å². The van der Waals surface area contributed by atoms with Crippen molar-refractivity contribution in [2.75, 3.05) is 0 Å². The third-order valence-corrected chi connectivity index (χ3v) is 6.38. The van der Waals surface area contributed by atoms with Crippen molar-refractivity contribution in [1.82, 2.24) is 0 Å². The van der Waals surface area contributed by atoms with E-state index in [-0.39, 0.29) is 17.5 Å². The van der Waals surface area contributed by atoms with Gasteiger partial charge in [0.1, 0.15) is 6.10 Å². The van der Waals surface area contributed by atoms with Gasteiger partial charge in [-0.1, -0.05) is 31.2 Å². The van der Waals surface area contributed by atoms with Gasteiger partial charge in [-0.15, -0.1) is 0 Å². The van der Waals surface area contributed by atoms with Crippen LogP contribution in [0.25, 0.3) is 0 Å². The molecule has 2 nitrogen and oxygen atoms in total. The summed E-state index contributed by atoms with van der Waals surface area (Å²) in [5, 5.41) is 0. The predicted octanol–water partition coefficient (Wildman–Crippen LogP) is 3.49. The number of carbonyl (C=O) groups excluding carboxylic acids is 1. The van der Waals surface area contributed by atoms with Crippen LogP contribution >= 0.6 is 0 Å². The zero-order chi connectivity index (χ0) is 13.4. The zero-order valence-electron chi connectivity index (χ0n) is 11.7. The molecule has 0 N–H and O–H groups in total. The van der Waals surface area contributed by atoms with Gasteiger partial charge in [0.2, 0.25) is 0 Å². The monoisotopic (exact) mass is 258 g/mol. The van der Waals surface area contributed by atoms with Crippen molar-refractivity contribution in [1.29, 1.82) is 0 Å². The van der Waals surface area contributed by atoms with E-state index in [0.29, 0.717) is 23.7 Å². The summed E-state index contributed by atoms with van der Waals surface area (Å²) in [4.78, 5) is 12.3. The fraction of sp³-hybridized carbons (Fsp3) is 0.706. The summed E-state index contributed by atoms with van der Waals surface area (Å²) in [6, 6.07) is 0. The molecule has 0 amide bonds. The van der Waals surface area contributed by atoms with E-state index in [4.69, 9.17) is 4.74 Å². The summed E-state index contributed by atoms with van der Waals surface area (Å²) in [6.07, 6.45) is 5.52. The van der Waals surface area contributed by atoms with E-state index in [1.165, 1.54) is 11.1 Å². The molecule has 1 unspecified atom stereocenters. The van der Waals surface area contributed by atoms with Crippen molar-refractivity contribution in [3.05, 3.63) is 24.3 Å². The van der Waals surface area contributed by atoms with Gasteiger partial charge in [0.05, 0.1) is 5.41 Å². The summed E-state index contributed by atoms with van der Waals surface area (Å²) in [5.41, 5.74) is 2.53. The molecular formula is C17H22O2. The Labute approximate surface area is 114 Å². The van der Waals surface area contributed by atoms with E-state index in [1.54, 1.807) is 0 Å². The first-order valence-electron chi connectivity index (χ1n) is 7.62. The predicted molar refractivity (Wildman–Crippen MR) is 73.3 cm³/mol. The van der Waals surface area contributed by atoms with Crippen molar-refractivity contribution >= 4 is 5.97 Å². The quantitative estimate of drug-likeness (QED) is 0.491. The summed E-state index contributed by atoms with van der Waals surface area (Å²) >= 11 is 0. The van der Waals surface area contributed by atoms with Crippen LogP contribution in [0.4, 0.5) is 0 Å². The molecular weight excluding hydrogens is 236 g/mol. The molecule has 1 heterocycles. The van der Waals surface area contributed by atoms with Gasteiger partial charge in [-0.3, -0.25) is 4.79 Å². The Morgan fingerprint density at radius 1 is 1.21 bits per heavy atom. The molecule has 4 fully saturated rings. The van der Waals surface area contributed by atoms with Gasteiger partial charge in [0.15, 0.2) is 0 Å². The first-order chi connectivity index (χ1) is 9.05. The minimum atomic E-state index is -0.136. The largest absolute Gasteiger partial charge is 0.461 e. The second-order valence-corrected chi connectivity index (χ2v) is 7.15. The molecule has 0 aromatic heterocycles. The van der Waals surface area contributed by atoms with Crippen molar-refractivity contribution in [2.45, 2.75) is 45.1 Å². The second-order valence-electron chi connectivity index (χ2n) is 7.15. The van der Waals surface area contributed by atoms with Crippen LogP contribution < -0.4 is 0 Å². The number of ether oxygens (including phenoxy) is 1. The van der Waals surface area contributed by atoms with Crippen LogP contribution in [0, 0.1) is 29.1 Å². The molecule has 2 heteroatoms. The number of hydrogen-bond donors (Lipinski definition) is 0. The molecule has 0 bridgehead atoms. The fourth-order valence-corrected chi connectivity index (χ4v) is 5.17. The van der Waals surface area contributed by atoms with Gasteiger partial charge in [-0.2, -0.15) is 0 Å². The Morgan fingerprint density at radius 2 is 1.89 bits per heavy atom. The average molecular weight is 258 g/mol. The van der Waals surface area contributed by atoms with Gasteiger partial charge in [0, 0.05) is 11.8 Å². The van der Waals surface area contributed by atoms with Gasteiger partial charge in [-0.05, 0) is 43.9 Å². The molecule has 0 aromatic carbocycles. The maximum absolute atomic E-state index is 12.3. The molecule has 3 saturated carbocycles. The van der Waals surface area contributed by atoms with E-state index >= 15 is 0 Å². The molecule has 4 rings (SSSR count). The fourth-order valence-electron chi connectivity index (χ4n) is 5.17. The van der Waals surface area contributed by atoms with Crippen LogP contribution in [-0.4, -0.2) is 12.1 Å². The van der Waals surface area contributed by atoms with Gasteiger partial charge >= 0.3 is 5.97 Å². The zero-order valence-corrected chi connectivity index (χ0v) is 11.7. The molecule has 6 atom stereocenters. The Hall–Kier alpha value is -1.05. The van der Waals surface area contributed by atoms with Crippen molar-refractivity contribution in [3.8, 4) is 0 Å². The van der Waals surface area contributed by atoms with Crippen LogP contribution in [0.3, 0.4) is 0 Å². The van der Waals surface area contributed by atoms with E-state index in [0.717, 1.165) is 32.1 Å². The van der Waals surface area contributed by atoms with E-state index in [2.05, 4.69) is 20.1 Å². The highest BCUT2D eigenvalue weighted by molar-refractivity contribution is 5.83.